The molecular weight excluding hydrogens is 1030 g/mol. The summed E-state index contributed by atoms with van der Waals surface area (Å²) in [6.07, 6.45) is 77.7. The quantitative estimate of drug-likeness (QED) is 0.0195. The summed E-state index contributed by atoms with van der Waals surface area (Å²) in [5, 5.41) is 0. The van der Waals surface area contributed by atoms with E-state index in [-0.39, 0.29) is 32.0 Å². The van der Waals surface area contributed by atoms with Gasteiger partial charge in [-0.2, -0.15) is 0 Å². The third kappa shape index (κ3) is 67.7. The van der Waals surface area contributed by atoms with E-state index >= 15 is 0 Å². The predicted octanol–water partition coefficient (Wildman–Crippen LogP) is 22.5. The monoisotopic (exact) mass is 1170 g/mol. The number of nitrogens with zero attached hydrogens (tertiary/aromatic N) is 1. The largest absolute Gasteiger partial charge is 0.756 e. The number of ether oxygens (including phenoxy) is 2. The molecule has 2 unspecified atom stereocenters. The Hall–Kier alpha value is -1.25. The van der Waals surface area contributed by atoms with E-state index in [9.17, 15) is 19.0 Å². The van der Waals surface area contributed by atoms with Crippen LogP contribution in [0.15, 0.2) is 12.2 Å². The molecule has 0 aliphatic heterocycles. The first-order valence-electron chi connectivity index (χ1n) is 35.9. The first kappa shape index (κ1) is 79.8. The molecule has 0 fully saturated rings. The smallest absolute Gasteiger partial charge is 0.306 e. The molecule has 2 atom stereocenters. The fraction of sp³-hybridized carbons (Fsp3) is 0.944. The molecule has 0 aromatic rings. The number of esters is 2. The van der Waals surface area contributed by atoms with Crippen molar-refractivity contribution in [1.29, 1.82) is 0 Å². The molecular formula is C71H140NO8P. The standard InChI is InChI=1S/C71H140NO8P/c1-6-8-10-12-14-16-18-20-22-24-25-26-27-28-29-30-31-32-33-34-35-36-37-38-39-40-41-42-43-44-45-46-47-48-50-51-53-55-57-59-61-63-70(73)77-67-69(68-79-81(75,76)78-66-65-72(3,4)5)80-71(74)64-62-60-58-56-54-52-49-23-21-19-17-15-13-11-9-7-2/h23,49,69H,6-22,24-48,50-68H2,1-5H3/b49-23-. The second-order valence-corrected chi connectivity index (χ2v) is 27.4. The normalized spacial score (nSPS) is 13.1. The van der Waals surface area contributed by atoms with Crippen LogP contribution in [0.25, 0.3) is 0 Å². The van der Waals surface area contributed by atoms with E-state index in [0.29, 0.717) is 17.4 Å². The lowest BCUT2D eigenvalue weighted by atomic mass is 10.0. The van der Waals surface area contributed by atoms with Gasteiger partial charge in [0.15, 0.2) is 6.10 Å². The zero-order chi connectivity index (χ0) is 59.1. The highest BCUT2D eigenvalue weighted by Gasteiger charge is 2.22. The van der Waals surface area contributed by atoms with Gasteiger partial charge in [0, 0.05) is 12.8 Å². The zero-order valence-electron chi connectivity index (χ0n) is 55.0. The van der Waals surface area contributed by atoms with E-state index in [1.54, 1.807) is 0 Å². The van der Waals surface area contributed by atoms with Crippen molar-refractivity contribution in [3.05, 3.63) is 12.2 Å². The second kappa shape index (κ2) is 63.3. The molecule has 0 bridgehead atoms. The van der Waals surface area contributed by atoms with Crippen molar-refractivity contribution in [3.8, 4) is 0 Å². The number of hydrogen-bond donors (Lipinski definition) is 0. The lowest BCUT2D eigenvalue weighted by molar-refractivity contribution is -0.870. The molecule has 0 aromatic carbocycles. The third-order valence-electron chi connectivity index (χ3n) is 16.5. The summed E-state index contributed by atoms with van der Waals surface area (Å²) in [6, 6.07) is 0. The van der Waals surface area contributed by atoms with Crippen molar-refractivity contribution in [2.45, 2.75) is 386 Å². The summed E-state index contributed by atoms with van der Waals surface area (Å²) >= 11 is 0. The lowest BCUT2D eigenvalue weighted by Crippen LogP contribution is -2.37. The number of allylic oxidation sites excluding steroid dienone is 2. The van der Waals surface area contributed by atoms with Crippen LogP contribution in [0.1, 0.15) is 380 Å². The molecule has 0 aliphatic carbocycles. The highest BCUT2D eigenvalue weighted by Crippen LogP contribution is 2.38. The van der Waals surface area contributed by atoms with Crippen LogP contribution in [0, 0.1) is 0 Å². The highest BCUT2D eigenvalue weighted by molar-refractivity contribution is 7.45. The van der Waals surface area contributed by atoms with Gasteiger partial charge in [0.05, 0.1) is 27.7 Å². The second-order valence-electron chi connectivity index (χ2n) is 26.0. The summed E-state index contributed by atoms with van der Waals surface area (Å²) in [4.78, 5) is 37.9. The molecule has 9 nitrogen and oxygen atoms in total. The van der Waals surface area contributed by atoms with Crippen LogP contribution in [-0.4, -0.2) is 70.0 Å². The number of phosphoric acid groups is 1. The van der Waals surface area contributed by atoms with Crippen LogP contribution in [0.4, 0.5) is 0 Å². The number of phosphoric ester groups is 1. The summed E-state index contributed by atoms with van der Waals surface area (Å²) in [7, 11) is 1.18. The van der Waals surface area contributed by atoms with Gasteiger partial charge in [-0.15, -0.1) is 0 Å². The van der Waals surface area contributed by atoms with Crippen molar-refractivity contribution >= 4 is 19.8 Å². The fourth-order valence-corrected chi connectivity index (χ4v) is 11.7. The molecule has 81 heavy (non-hydrogen) atoms. The van der Waals surface area contributed by atoms with Gasteiger partial charge >= 0.3 is 11.9 Å². The summed E-state index contributed by atoms with van der Waals surface area (Å²) in [5.74, 6) is -0.822. The molecule has 0 amide bonds. The minimum absolute atomic E-state index is 0.0287. The maximum Gasteiger partial charge on any atom is 0.306 e. The Morgan fingerprint density at radius 2 is 0.630 bits per heavy atom. The number of hydrogen-bond acceptors (Lipinski definition) is 8. The van der Waals surface area contributed by atoms with Crippen LogP contribution in [-0.2, 0) is 32.7 Å². The minimum atomic E-state index is -4.63. The van der Waals surface area contributed by atoms with E-state index in [1.165, 1.54) is 295 Å². The zero-order valence-corrected chi connectivity index (χ0v) is 55.9. The summed E-state index contributed by atoms with van der Waals surface area (Å²) in [5.41, 5.74) is 0. The van der Waals surface area contributed by atoms with Crippen LogP contribution in [0.2, 0.25) is 0 Å². The van der Waals surface area contributed by atoms with Gasteiger partial charge < -0.3 is 27.9 Å². The van der Waals surface area contributed by atoms with Gasteiger partial charge in [-0.25, -0.2) is 0 Å². The Morgan fingerprint density at radius 3 is 0.914 bits per heavy atom. The van der Waals surface area contributed by atoms with E-state index in [1.807, 2.05) is 21.1 Å². The molecule has 10 heteroatoms. The number of likely N-dealkylation sites (N-methyl/N-ethyl adjacent to an activating group) is 1. The average molecular weight is 1170 g/mol. The van der Waals surface area contributed by atoms with Crippen LogP contribution >= 0.6 is 7.82 Å². The molecule has 0 saturated carbocycles. The topological polar surface area (TPSA) is 111 Å². The molecule has 0 aromatic heterocycles. The predicted molar refractivity (Wildman–Crippen MR) is 347 cm³/mol. The Balaban J connectivity index is 3.80. The summed E-state index contributed by atoms with van der Waals surface area (Å²) < 4.78 is 34.2. The Labute approximate surface area is 505 Å². The first-order chi connectivity index (χ1) is 39.5. The van der Waals surface area contributed by atoms with Gasteiger partial charge in [-0.3, -0.25) is 14.2 Å². The number of unbranched alkanes of at least 4 members (excludes halogenated alkanes) is 52. The van der Waals surface area contributed by atoms with Crippen LogP contribution in [0.3, 0.4) is 0 Å². The molecule has 0 heterocycles. The Morgan fingerprint density at radius 1 is 0.370 bits per heavy atom. The van der Waals surface area contributed by atoms with Crippen LogP contribution < -0.4 is 4.89 Å². The molecule has 0 saturated heterocycles. The summed E-state index contributed by atoms with van der Waals surface area (Å²) in [6.45, 7) is 4.29. The first-order valence-corrected chi connectivity index (χ1v) is 37.4. The molecule has 482 valence electrons. The van der Waals surface area contributed by atoms with Gasteiger partial charge in [0.25, 0.3) is 7.82 Å². The molecule has 0 N–H and O–H groups in total. The van der Waals surface area contributed by atoms with E-state index in [2.05, 4.69) is 26.0 Å². The maximum absolute atomic E-state index is 12.8. The average Bonchev–Trinajstić information content (AvgIpc) is 3.43. The molecule has 0 spiro atoms. The Bertz CT molecular complexity index is 1370. The van der Waals surface area contributed by atoms with Crippen molar-refractivity contribution < 1.29 is 42.1 Å². The van der Waals surface area contributed by atoms with Crippen molar-refractivity contribution in [2.24, 2.45) is 0 Å². The molecule has 0 radical (unpaired) electrons. The van der Waals surface area contributed by atoms with Gasteiger partial charge in [-0.1, -0.05) is 341 Å². The molecule has 0 rings (SSSR count). The van der Waals surface area contributed by atoms with Crippen molar-refractivity contribution in [2.75, 3.05) is 47.5 Å². The fourth-order valence-electron chi connectivity index (χ4n) is 11.0. The van der Waals surface area contributed by atoms with Crippen molar-refractivity contribution in [1.82, 2.24) is 0 Å². The van der Waals surface area contributed by atoms with Gasteiger partial charge in [0.2, 0.25) is 0 Å². The van der Waals surface area contributed by atoms with Crippen LogP contribution in [0.5, 0.6) is 0 Å². The van der Waals surface area contributed by atoms with Gasteiger partial charge in [-0.05, 0) is 38.5 Å². The molecule has 0 aliphatic rings. The highest BCUT2D eigenvalue weighted by atomic mass is 31.2. The van der Waals surface area contributed by atoms with E-state index in [4.69, 9.17) is 18.5 Å². The number of rotatable bonds is 68. The maximum atomic E-state index is 12.8. The lowest BCUT2D eigenvalue weighted by Gasteiger charge is -2.28. The Kier molecular flexibility index (Phi) is 62.3. The number of quaternary nitrogens is 1. The SMILES string of the molecule is CCCCCCCCC/C=C\CCCCCCCC(=O)OC(COC(=O)CCCCCCCCCCCCCCCCCCCCCCCCCCCCCCCCCCCCCCCCCCC)COP(=O)([O-])OCC[N+](C)(C)C. The number of carbonyl (C=O) groups excluding carboxylic acids is 2. The number of carbonyl (C=O) groups is 2. The van der Waals surface area contributed by atoms with Crippen molar-refractivity contribution in [3.63, 3.8) is 0 Å². The minimum Gasteiger partial charge on any atom is -0.756 e. The van der Waals surface area contributed by atoms with Gasteiger partial charge in [0.1, 0.15) is 19.8 Å². The van der Waals surface area contributed by atoms with E-state index < -0.39 is 26.5 Å². The third-order valence-corrected chi connectivity index (χ3v) is 17.5. The van der Waals surface area contributed by atoms with E-state index in [0.717, 1.165) is 51.4 Å².